The van der Waals surface area contributed by atoms with Crippen molar-refractivity contribution in [3.05, 3.63) is 70.8 Å². The van der Waals surface area contributed by atoms with Crippen LogP contribution in [0.5, 0.6) is 0 Å². The molecule has 9 heteroatoms. The lowest BCUT2D eigenvalue weighted by Gasteiger charge is -2.29. The average Bonchev–Trinajstić information content (AvgIpc) is 3.24. The Bertz CT molecular complexity index is 1040. The molecule has 2 N–H and O–H groups in total. The lowest BCUT2D eigenvalue weighted by Crippen LogP contribution is -2.31. The van der Waals surface area contributed by atoms with Crippen molar-refractivity contribution in [3.8, 4) is 0 Å². The Kier molecular flexibility index (Phi) is 5.03. The number of hydrogen-bond acceptors (Lipinski definition) is 5. The van der Waals surface area contributed by atoms with Gasteiger partial charge in [0.2, 0.25) is 5.95 Å². The van der Waals surface area contributed by atoms with Crippen molar-refractivity contribution in [2.45, 2.75) is 13.3 Å². The first-order valence-electron chi connectivity index (χ1n) is 9.06. The Hall–Kier alpha value is -3.62. The van der Waals surface area contributed by atoms with Gasteiger partial charge < -0.3 is 10.2 Å². The molecular formula is C20H18F2N6O. The van der Waals surface area contributed by atoms with E-state index < -0.39 is 23.1 Å². The van der Waals surface area contributed by atoms with Gasteiger partial charge in [0.05, 0.1) is 0 Å². The van der Waals surface area contributed by atoms with E-state index in [4.69, 9.17) is 0 Å². The predicted molar refractivity (Wildman–Crippen MR) is 104 cm³/mol. The highest BCUT2D eigenvalue weighted by atomic mass is 19.1. The second-order valence-corrected chi connectivity index (χ2v) is 6.78. The van der Waals surface area contributed by atoms with Gasteiger partial charge in [-0.15, -0.1) is 0 Å². The minimum absolute atomic E-state index is 0.451. The van der Waals surface area contributed by atoms with Gasteiger partial charge in [0, 0.05) is 18.8 Å². The maximum Gasteiger partial charge on any atom is 0.261 e. The second-order valence-electron chi connectivity index (χ2n) is 6.78. The third-order valence-electron chi connectivity index (χ3n) is 4.94. The molecule has 0 fully saturated rings. The fourth-order valence-electron chi connectivity index (χ4n) is 3.33. The fourth-order valence-corrected chi connectivity index (χ4v) is 3.33. The second kappa shape index (κ2) is 7.78. The van der Waals surface area contributed by atoms with Gasteiger partial charge in [0.15, 0.2) is 0 Å². The highest BCUT2D eigenvalue weighted by Gasteiger charge is 2.21. The number of aromatic amines is 1. The number of tetrazole rings is 1. The van der Waals surface area contributed by atoms with Crippen LogP contribution in [-0.2, 0) is 0 Å². The molecule has 1 aliphatic heterocycles. The summed E-state index contributed by atoms with van der Waals surface area (Å²) in [6.07, 6.45) is 0.876. The number of carbonyl (C=O) groups is 1. The molecule has 2 heterocycles. The predicted octanol–water partition coefficient (Wildman–Crippen LogP) is 3.41. The van der Waals surface area contributed by atoms with Crippen LogP contribution in [0.1, 0.15) is 29.3 Å². The smallest absolute Gasteiger partial charge is 0.261 e. The first-order valence-corrected chi connectivity index (χ1v) is 9.06. The third kappa shape index (κ3) is 3.84. The Labute approximate surface area is 165 Å². The largest absolute Gasteiger partial charge is 0.335 e. The van der Waals surface area contributed by atoms with Crippen molar-refractivity contribution in [2.75, 3.05) is 23.3 Å². The summed E-state index contributed by atoms with van der Waals surface area (Å²) in [7, 11) is 0. The zero-order valence-corrected chi connectivity index (χ0v) is 15.6. The van der Waals surface area contributed by atoms with E-state index in [-0.39, 0.29) is 0 Å². The van der Waals surface area contributed by atoms with Crippen molar-refractivity contribution >= 4 is 23.1 Å². The van der Waals surface area contributed by atoms with Gasteiger partial charge in [-0.2, -0.15) is 0 Å². The molecule has 0 radical (unpaired) electrons. The standard InChI is InChI=1S/C20H18F2N6O/c1-12-9-10-28(20-24-26-27-25-20)11-15(12)13-5-7-14(8-6-13)23-19(29)18-16(21)3-2-4-17(18)22/h2-8H,9-11H2,1H3,(H,23,29)(H,24,25,26,27). The number of aromatic nitrogens is 4. The first kappa shape index (κ1) is 18.7. The molecule has 4 rings (SSSR count). The van der Waals surface area contributed by atoms with Crippen LogP contribution in [0.4, 0.5) is 20.4 Å². The molecule has 0 saturated heterocycles. The van der Waals surface area contributed by atoms with E-state index in [1.54, 1.807) is 12.1 Å². The van der Waals surface area contributed by atoms with E-state index in [1.165, 1.54) is 11.6 Å². The van der Waals surface area contributed by atoms with Crippen LogP contribution in [0.3, 0.4) is 0 Å². The molecule has 0 bridgehead atoms. The Balaban J connectivity index is 1.51. The molecule has 1 aromatic heterocycles. The summed E-state index contributed by atoms with van der Waals surface area (Å²) in [4.78, 5) is 14.3. The summed E-state index contributed by atoms with van der Waals surface area (Å²) in [5.74, 6) is -2.01. The number of H-pyrrole nitrogens is 1. The third-order valence-corrected chi connectivity index (χ3v) is 4.94. The average molecular weight is 396 g/mol. The number of carbonyl (C=O) groups excluding carboxylic acids is 1. The lowest BCUT2D eigenvalue weighted by atomic mass is 9.95. The Morgan fingerprint density at radius 3 is 2.52 bits per heavy atom. The maximum atomic E-state index is 13.8. The minimum Gasteiger partial charge on any atom is -0.335 e. The van der Waals surface area contributed by atoms with Crippen LogP contribution >= 0.6 is 0 Å². The van der Waals surface area contributed by atoms with Crippen molar-refractivity contribution in [3.63, 3.8) is 0 Å². The molecule has 1 amide bonds. The number of anilines is 2. The van der Waals surface area contributed by atoms with E-state index in [0.29, 0.717) is 18.2 Å². The number of rotatable bonds is 4. The molecular weight excluding hydrogens is 378 g/mol. The van der Waals surface area contributed by atoms with Gasteiger partial charge in [-0.25, -0.2) is 13.9 Å². The number of hydrogen-bond donors (Lipinski definition) is 2. The van der Waals surface area contributed by atoms with E-state index in [0.717, 1.165) is 36.2 Å². The Morgan fingerprint density at radius 1 is 1.14 bits per heavy atom. The molecule has 0 unspecified atom stereocenters. The normalized spacial score (nSPS) is 14.2. The van der Waals surface area contributed by atoms with Crippen molar-refractivity contribution < 1.29 is 13.6 Å². The van der Waals surface area contributed by atoms with Gasteiger partial charge in [-0.3, -0.25) is 4.79 Å². The zero-order valence-electron chi connectivity index (χ0n) is 15.6. The van der Waals surface area contributed by atoms with Crippen LogP contribution in [-0.4, -0.2) is 39.6 Å². The van der Waals surface area contributed by atoms with Crippen LogP contribution < -0.4 is 10.2 Å². The SMILES string of the molecule is CC1=C(c2ccc(NC(=O)c3c(F)cccc3F)cc2)CN(c2nnn[nH]2)CC1. The maximum absolute atomic E-state index is 13.8. The molecule has 3 aromatic rings. The summed E-state index contributed by atoms with van der Waals surface area (Å²) in [5, 5.41) is 16.5. The van der Waals surface area contributed by atoms with E-state index in [1.807, 2.05) is 12.1 Å². The zero-order chi connectivity index (χ0) is 20.4. The van der Waals surface area contributed by atoms with Crippen LogP contribution in [0.2, 0.25) is 0 Å². The molecule has 7 nitrogen and oxygen atoms in total. The van der Waals surface area contributed by atoms with Gasteiger partial charge in [0.25, 0.3) is 5.91 Å². The molecule has 0 aliphatic carbocycles. The lowest BCUT2D eigenvalue weighted by molar-refractivity contribution is 0.101. The van der Waals surface area contributed by atoms with E-state index in [2.05, 4.69) is 37.8 Å². The van der Waals surface area contributed by atoms with Crippen LogP contribution in [0.15, 0.2) is 48.0 Å². The highest BCUT2D eigenvalue weighted by molar-refractivity contribution is 6.04. The van der Waals surface area contributed by atoms with Crippen molar-refractivity contribution in [1.29, 1.82) is 0 Å². The molecule has 1 aliphatic rings. The summed E-state index contributed by atoms with van der Waals surface area (Å²) in [6, 6.07) is 10.5. The number of halogens is 2. The number of nitrogens with one attached hydrogen (secondary N) is 2. The summed E-state index contributed by atoms with van der Waals surface area (Å²) < 4.78 is 27.6. The van der Waals surface area contributed by atoms with Gasteiger partial charge in [-0.1, -0.05) is 28.9 Å². The topological polar surface area (TPSA) is 86.8 Å². The molecule has 0 saturated carbocycles. The van der Waals surface area contributed by atoms with Crippen molar-refractivity contribution in [1.82, 2.24) is 20.6 Å². The fraction of sp³-hybridized carbons (Fsp3) is 0.200. The number of benzene rings is 2. The number of nitrogens with zero attached hydrogens (tertiary/aromatic N) is 4. The van der Waals surface area contributed by atoms with Crippen molar-refractivity contribution in [2.24, 2.45) is 0 Å². The monoisotopic (exact) mass is 396 g/mol. The first-order chi connectivity index (χ1) is 14.0. The quantitative estimate of drug-likeness (QED) is 0.706. The number of amides is 1. The summed E-state index contributed by atoms with van der Waals surface area (Å²) >= 11 is 0. The molecule has 2 aromatic carbocycles. The minimum atomic E-state index is -0.899. The van der Waals surface area contributed by atoms with Crippen LogP contribution in [0, 0.1) is 11.6 Å². The van der Waals surface area contributed by atoms with E-state index in [9.17, 15) is 13.6 Å². The highest BCUT2D eigenvalue weighted by Crippen LogP contribution is 2.29. The molecule has 0 spiro atoms. The summed E-state index contributed by atoms with van der Waals surface area (Å²) in [5.41, 5.74) is 3.25. The van der Waals surface area contributed by atoms with E-state index >= 15 is 0 Å². The van der Waals surface area contributed by atoms with Gasteiger partial charge in [0.1, 0.15) is 17.2 Å². The molecule has 0 atom stereocenters. The van der Waals surface area contributed by atoms with Gasteiger partial charge in [-0.05, 0) is 59.2 Å². The van der Waals surface area contributed by atoms with Crippen LogP contribution in [0.25, 0.3) is 5.57 Å². The van der Waals surface area contributed by atoms with Gasteiger partial charge >= 0.3 is 0 Å². The molecule has 148 valence electrons. The summed E-state index contributed by atoms with van der Waals surface area (Å²) in [6.45, 7) is 3.55. The Morgan fingerprint density at radius 2 is 1.86 bits per heavy atom. The molecule has 29 heavy (non-hydrogen) atoms.